The van der Waals surface area contributed by atoms with Crippen molar-refractivity contribution in [1.29, 1.82) is 0 Å². The van der Waals surface area contributed by atoms with Crippen LogP contribution in [-0.2, 0) is 6.42 Å². The molecule has 0 unspecified atom stereocenters. The number of hydrogen-bond acceptors (Lipinski definition) is 3. The van der Waals surface area contributed by atoms with E-state index in [1.54, 1.807) is 12.4 Å². The summed E-state index contributed by atoms with van der Waals surface area (Å²) in [5.41, 5.74) is 1.58. The second-order valence-electron chi connectivity index (χ2n) is 4.61. The molecule has 5 heteroatoms. The van der Waals surface area contributed by atoms with Crippen LogP contribution in [0.1, 0.15) is 39.7 Å². The van der Waals surface area contributed by atoms with Crippen LogP contribution in [-0.4, -0.2) is 22.4 Å². The Balaban J connectivity index is 1.84. The van der Waals surface area contributed by atoms with Gasteiger partial charge in [0.25, 0.3) is 5.91 Å². The van der Waals surface area contributed by atoms with Crippen molar-refractivity contribution >= 4 is 5.91 Å². The molecule has 0 saturated carbocycles. The van der Waals surface area contributed by atoms with Gasteiger partial charge in [-0.15, -0.1) is 0 Å². The zero-order chi connectivity index (χ0) is 13.8. The zero-order valence-electron chi connectivity index (χ0n) is 11.5. The summed E-state index contributed by atoms with van der Waals surface area (Å²) in [6, 6.07) is 0. The fourth-order valence-corrected chi connectivity index (χ4v) is 2.11. The topological polar surface area (TPSA) is 70.9 Å². The number of hydrogen-bond donors (Lipinski definition) is 2. The third-order valence-electron chi connectivity index (χ3n) is 3.22. The molecule has 0 spiro atoms. The molecular formula is C14H19N3O2. The van der Waals surface area contributed by atoms with E-state index in [1.807, 2.05) is 20.8 Å². The summed E-state index contributed by atoms with van der Waals surface area (Å²) in [5.74, 6) is 2.36. The predicted octanol–water partition coefficient (Wildman–Crippen LogP) is 2.29. The van der Waals surface area contributed by atoms with Gasteiger partial charge in [-0.2, -0.15) is 0 Å². The molecule has 2 heterocycles. The summed E-state index contributed by atoms with van der Waals surface area (Å²) in [6.45, 7) is 6.22. The Kier molecular flexibility index (Phi) is 4.04. The zero-order valence-corrected chi connectivity index (χ0v) is 11.5. The fraction of sp³-hybridized carbons (Fsp3) is 0.429. The van der Waals surface area contributed by atoms with E-state index in [1.165, 1.54) is 0 Å². The molecule has 1 amide bonds. The first kappa shape index (κ1) is 13.4. The predicted molar refractivity (Wildman–Crippen MR) is 72.2 cm³/mol. The quantitative estimate of drug-likeness (QED) is 0.811. The summed E-state index contributed by atoms with van der Waals surface area (Å²) in [6.07, 6.45) is 5.22. The molecule has 0 atom stereocenters. The van der Waals surface area contributed by atoms with Crippen LogP contribution in [0.15, 0.2) is 16.8 Å². The summed E-state index contributed by atoms with van der Waals surface area (Å²) in [4.78, 5) is 19.2. The molecule has 2 rings (SSSR count). The molecule has 0 aromatic carbocycles. The summed E-state index contributed by atoms with van der Waals surface area (Å²) >= 11 is 0. The first-order chi connectivity index (χ1) is 9.09. The number of nitrogens with one attached hydrogen (secondary N) is 2. The Morgan fingerprint density at radius 1 is 1.37 bits per heavy atom. The third kappa shape index (κ3) is 3.05. The number of aromatic amines is 1. The van der Waals surface area contributed by atoms with E-state index in [0.717, 1.165) is 30.0 Å². The Morgan fingerprint density at radius 3 is 2.74 bits per heavy atom. The minimum absolute atomic E-state index is 0.0636. The minimum Gasteiger partial charge on any atom is -0.466 e. The van der Waals surface area contributed by atoms with E-state index in [2.05, 4.69) is 15.3 Å². The number of H-pyrrole nitrogens is 1. The molecule has 2 aromatic rings. The lowest BCUT2D eigenvalue weighted by Crippen LogP contribution is -2.25. The average molecular weight is 261 g/mol. The number of carbonyl (C=O) groups is 1. The highest BCUT2D eigenvalue weighted by Gasteiger charge is 2.17. The molecule has 19 heavy (non-hydrogen) atoms. The Morgan fingerprint density at radius 2 is 2.16 bits per heavy atom. The van der Waals surface area contributed by atoms with Gasteiger partial charge in [0, 0.05) is 30.9 Å². The first-order valence-electron chi connectivity index (χ1n) is 6.42. The molecule has 102 valence electrons. The lowest BCUT2D eigenvalue weighted by molar-refractivity contribution is 0.0951. The standard InChI is InChI=1S/C14H19N3O2/c1-9-10(2)19-11(3)13(9)14(18)17-6-4-5-12-15-7-8-16-12/h7-8H,4-6H2,1-3H3,(H,15,16)(H,17,18). The molecule has 0 aliphatic carbocycles. The Bertz CT molecular complexity index is 556. The average Bonchev–Trinajstić information content (AvgIpc) is 2.95. The summed E-state index contributed by atoms with van der Waals surface area (Å²) < 4.78 is 5.46. The largest absolute Gasteiger partial charge is 0.466 e. The second kappa shape index (κ2) is 5.73. The molecule has 0 bridgehead atoms. The molecule has 0 radical (unpaired) electrons. The van der Waals surface area contributed by atoms with E-state index in [9.17, 15) is 4.79 Å². The van der Waals surface area contributed by atoms with Crippen molar-refractivity contribution in [3.63, 3.8) is 0 Å². The van der Waals surface area contributed by atoms with Gasteiger partial charge >= 0.3 is 0 Å². The fourth-order valence-electron chi connectivity index (χ4n) is 2.11. The monoisotopic (exact) mass is 261 g/mol. The van der Waals surface area contributed by atoms with Crippen molar-refractivity contribution in [3.05, 3.63) is 40.9 Å². The number of furan rings is 1. The first-order valence-corrected chi connectivity index (χ1v) is 6.42. The van der Waals surface area contributed by atoms with Gasteiger partial charge in [0.05, 0.1) is 5.56 Å². The van der Waals surface area contributed by atoms with Gasteiger partial charge in [-0.1, -0.05) is 0 Å². The molecule has 0 fully saturated rings. The van der Waals surface area contributed by atoms with Crippen molar-refractivity contribution < 1.29 is 9.21 Å². The highest BCUT2D eigenvalue weighted by atomic mass is 16.3. The van der Waals surface area contributed by atoms with Crippen LogP contribution in [0, 0.1) is 20.8 Å². The highest BCUT2D eigenvalue weighted by molar-refractivity contribution is 5.96. The van der Waals surface area contributed by atoms with Gasteiger partial charge in [0.1, 0.15) is 17.3 Å². The number of amides is 1. The maximum absolute atomic E-state index is 12.1. The normalized spacial score (nSPS) is 10.7. The lowest BCUT2D eigenvalue weighted by Gasteiger charge is -2.04. The smallest absolute Gasteiger partial charge is 0.255 e. The molecular weight excluding hydrogens is 242 g/mol. The van der Waals surface area contributed by atoms with E-state index in [0.29, 0.717) is 17.9 Å². The highest BCUT2D eigenvalue weighted by Crippen LogP contribution is 2.20. The summed E-state index contributed by atoms with van der Waals surface area (Å²) in [7, 11) is 0. The van der Waals surface area contributed by atoms with Gasteiger partial charge in [0.2, 0.25) is 0 Å². The van der Waals surface area contributed by atoms with Crippen LogP contribution in [0.5, 0.6) is 0 Å². The SMILES string of the molecule is Cc1oc(C)c(C(=O)NCCCc2ncc[nH]2)c1C. The molecule has 0 saturated heterocycles. The number of imidazole rings is 1. The summed E-state index contributed by atoms with van der Waals surface area (Å²) in [5, 5.41) is 2.92. The molecule has 2 aromatic heterocycles. The number of nitrogens with zero attached hydrogens (tertiary/aromatic N) is 1. The Labute approximate surface area is 112 Å². The van der Waals surface area contributed by atoms with Crippen molar-refractivity contribution in [1.82, 2.24) is 15.3 Å². The van der Waals surface area contributed by atoms with Crippen LogP contribution in [0.25, 0.3) is 0 Å². The van der Waals surface area contributed by atoms with Crippen LogP contribution in [0.3, 0.4) is 0 Å². The van der Waals surface area contributed by atoms with Gasteiger partial charge < -0.3 is 14.7 Å². The molecule has 0 aliphatic rings. The maximum Gasteiger partial charge on any atom is 0.255 e. The van der Waals surface area contributed by atoms with Crippen molar-refractivity contribution in [3.8, 4) is 0 Å². The Hall–Kier alpha value is -2.04. The van der Waals surface area contributed by atoms with Crippen molar-refractivity contribution in [2.45, 2.75) is 33.6 Å². The van der Waals surface area contributed by atoms with E-state index >= 15 is 0 Å². The van der Waals surface area contributed by atoms with Crippen LogP contribution >= 0.6 is 0 Å². The number of aryl methyl sites for hydroxylation is 3. The second-order valence-corrected chi connectivity index (χ2v) is 4.61. The van der Waals surface area contributed by atoms with Gasteiger partial charge in [-0.05, 0) is 27.2 Å². The minimum atomic E-state index is -0.0636. The van der Waals surface area contributed by atoms with Gasteiger partial charge in [0.15, 0.2) is 0 Å². The number of aromatic nitrogens is 2. The van der Waals surface area contributed by atoms with E-state index in [-0.39, 0.29) is 5.91 Å². The number of rotatable bonds is 5. The maximum atomic E-state index is 12.1. The van der Waals surface area contributed by atoms with Gasteiger partial charge in [-0.25, -0.2) is 4.98 Å². The van der Waals surface area contributed by atoms with E-state index < -0.39 is 0 Å². The van der Waals surface area contributed by atoms with Crippen LogP contribution in [0.4, 0.5) is 0 Å². The lowest BCUT2D eigenvalue weighted by atomic mass is 10.1. The van der Waals surface area contributed by atoms with Crippen molar-refractivity contribution in [2.75, 3.05) is 6.54 Å². The van der Waals surface area contributed by atoms with Gasteiger partial charge in [-0.3, -0.25) is 4.79 Å². The molecule has 0 aliphatic heterocycles. The molecule has 5 nitrogen and oxygen atoms in total. The van der Waals surface area contributed by atoms with Crippen LogP contribution < -0.4 is 5.32 Å². The van der Waals surface area contributed by atoms with E-state index in [4.69, 9.17) is 4.42 Å². The van der Waals surface area contributed by atoms with Crippen molar-refractivity contribution in [2.24, 2.45) is 0 Å². The molecule has 2 N–H and O–H groups in total. The third-order valence-corrected chi connectivity index (χ3v) is 3.22. The van der Waals surface area contributed by atoms with Crippen LogP contribution in [0.2, 0.25) is 0 Å². The number of carbonyl (C=O) groups excluding carboxylic acids is 1.